The lowest BCUT2D eigenvalue weighted by molar-refractivity contribution is 0.122. The number of nitrogens with one attached hydrogen (secondary N) is 1. The smallest absolute Gasteiger partial charge is 0.274 e. The number of aromatic nitrogens is 5. The van der Waals surface area contributed by atoms with Crippen LogP contribution in [-0.2, 0) is 4.74 Å². The summed E-state index contributed by atoms with van der Waals surface area (Å²) >= 11 is 0. The van der Waals surface area contributed by atoms with E-state index in [0.717, 1.165) is 35.4 Å². The molecule has 1 fully saturated rings. The Balaban J connectivity index is 1.65. The Morgan fingerprint density at radius 2 is 1.93 bits per heavy atom. The average molecular weight is 388 g/mol. The lowest BCUT2D eigenvalue weighted by atomic mass is 10.1. The highest BCUT2D eigenvalue weighted by atomic mass is 16.5. The van der Waals surface area contributed by atoms with Crippen LogP contribution < -0.4 is 10.5 Å². The van der Waals surface area contributed by atoms with Crippen LogP contribution in [0.25, 0.3) is 28.2 Å². The van der Waals surface area contributed by atoms with E-state index < -0.39 is 0 Å². The fourth-order valence-corrected chi connectivity index (χ4v) is 3.54. The first kappa shape index (κ1) is 17.6. The van der Waals surface area contributed by atoms with Crippen molar-refractivity contribution >= 4 is 16.9 Å². The predicted molar refractivity (Wildman–Crippen MR) is 110 cm³/mol. The molecule has 8 heteroatoms. The van der Waals surface area contributed by atoms with Gasteiger partial charge in [0.05, 0.1) is 24.4 Å². The highest BCUT2D eigenvalue weighted by Crippen LogP contribution is 2.24. The van der Waals surface area contributed by atoms with Crippen LogP contribution >= 0.6 is 0 Å². The molecule has 4 heterocycles. The molecule has 1 N–H and O–H groups in total. The zero-order valence-electron chi connectivity index (χ0n) is 16.0. The summed E-state index contributed by atoms with van der Waals surface area (Å²) in [5.74, 6) is 1.02. The number of aromatic amines is 1. The molecule has 0 bridgehead atoms. The summed E-state index contributed by atoms with van der Waals surface area (Å²) in [5, 5.41) is 3.15. The summed E-state index contributed by atoms with van der Waals surface area (Å²) in [4.78, 5) is 28.6. The van der Waals surface area contributed by atoms with Crippen LogP contribution in [0.15, 0.2) is 53.5 Å². The average Bonchev–Trinajstić information content (AvgIpc) is 3.15. The van der Waals surface area contributed by atoms with Gasteiger partial charge in [-0.05, 0) is 30.7 Å². The van der Waals surface area contributed by atoms with Crippen molar-refractivity contribution in [3.8, 4) is 17.2 Å². The van der Waals surface area contributed by atoms with E-state index in [9.17, 15) is 4.79 Å². The SMILES string of the molecule is Cc1cccc(-c2cc(=O)n(-c3nc(N4CCOCC4)c4ncccc4n3)[nH]2)c1. The fraction of sp³-hybridized carbons (Fsp3) is 0.238. The number of fused-ring (bicyclic) bond motifs is 1. The molecule has 0 spiro atoms. The first-order valence-corrected chi connectivity index (χ1v) is 9.54. The monoisotopic (exact) mass is 388 g/mol. The molecule has 0 unspecified atom stereocenters. The molecular weight excluding hydrogens is 368 g/mol. The third kappa shape index (κ3) is 3.27. The maximum atomic E-state index is 12.7. The number of hydrogen-bond donors (Lipinski definition) is 1. The minimum atomic E-state index is -0.210. The molecule has 8 nitrogen and oxygen atoms in total. The second-order valence-electron chi connectivity index (χ2n) is 7.03. The van der Waals surface area contributed by atoms with Gasteiger partial charge in [0, 0.05) is 25.4 Å². The lowest BCUT2D eigenvalue weighted by Crippen LogP contribution is -2.37. The van der Waals surface area contributed by atoms with Crippen LogP contribution in [0.5, 0.6) is 0 Å². The standard InChI is InChI=1S/C21H20N6O2/c1-14-4-2-5-15(12-14)17-13-18(28)27(25-17)21-23-16-6-3-7-22-19(16)20(24-21)26-8-10-29-11-9-26/h2-7,12-13,25H,8-11H2,1H3. The van der Waals surface area contributed by atoms with Crippen molar-refractivity contribution < 1.29 is 4.74 Å². The van der Waals surface area contributed by atoms with Crippen molar-refractivity contribution in [2.24, 2.45) is 0 Å². The summed E-state index contributed by atoms with van der Waals surface area (Å²) in [6.07, 6.45) is 1.73. The van der Waals surface area contributed by atoms with E-state index in [4.69, 9.17) is 9.72 Å². The highest BCUT2D eigenvalue weighted by molar-refractivity contribution is 5.86. The number of hydrogen-bond acceptors (Lipinski definition) is 6. The van der Waals surface area contributed by atoms with Crippen molar-refractivity contribution in [1.29, 1.82) is 0 Å². The van der Waals surface area contributed by atoms with Gasteiger partial charge in [0.25, 0.3) is 11.5 Å². The van der Waals surface area contributed by atoms with E-state index in [1.165, 1.54) is 4.68 Å². The second kappa shape index (κ2) is 7.14. The first-order valence-electron chi connectivity index (χ1n) is 9.54. The number of pyridine rings is 1. The van der Waals surface area contributed by atoms with Gasteiger partial charge in [0.15, 0.2) is 5.82 Å². The second-order valence-corrected chi connectivity index (χ2v) is 7.03. The van der Waals surface area contributed by atoms with Gasteiger partial charge in [-0.1, -0.05) is 23.8 Å². The molecule has 4 aromatic rings. The molecule has 1 aliphatic rings. The Morgan fingerprint density at radius 1 is 1.07 bits per heavy atom. The summed E-state index contributed by atoms with van der Waals surface area (Å²) in [6.45, 7) is 4.72. The number of H-pyrrole nitrogens is 1. The van der Waals surface area contributed by atoms with Gasteiger partial charge >= 0.3 is 0 Å². The maximum Gasteiger partial charge on any atom is 0.274 e. The molecule has 0 aliphatic carbocycles. The van der Waals surface area contributed by atoms with Gasteiger partial charge in [-0.2, -0.15) is 9.67 Å². The Morgan fingerprint density at radius 3 is 2.76 bits per heavy atom. The van der Waals surface area contributed by atoms with Crippen molar-refractivity contribution in [3.63, 3.8) is 0 Å². The molecular formula is C21H20N6O2. The topological polar surface area (TPSA) is 88.9 Å². The van der Waals surface area contributed by atoms with E-state index in [1.54, 1.807) is 12.3 Å². The van der Waals surface area contributed by atoms with E-state index in [0.29, 0.717) is 30.5 Å². The van der Waals surface area contributed by atoms with Gasteiger partial charge in [0.2, 0.25) is 0 Å². The number of ether oxygens (including phenoxy) is 1. The first-order chi connectivity index (χ1) is 14.2. The van der Waals surface area contributed by atoms with Gasteiger partial charge in [-0.25, -0.2) is 4.98 Å². The number of morpholine rings is 1. The molecule has 146 valence electrons. The minimum Gasteiger partial charge on any atom is -0.378 e. The largest absolute Gasteiger partial charge is 0.378 e. The van der Waals surface area contributed by atoms with Crippen LogP contribution in [0.1, 0.15) is 5.56 Å². The number of aryl methyl sites for hydroxylation is 1. The maximum absolute atomic E-state index is 12.7. The van der Waals surface area contributed by atoms with Gasteiger partial charge in [0.1, 0.15) is 5.52 Å². The molecule has 3 aromatic heterocycles. The Hall–Kier alpha value is -3.52. The molecule has 0 saturated carbocycles. The number of rotatable bonds is 3. The van der Waals surface area contributed by atoms with Crippen molar-refractivity contribution in [1.82, 2.24) is 24.7 Å². The molecule has 0 amide bonds. The lowest BCUT2D eigenvalue weighted by Gasteiger charge is -2.28. The van der Waals surface area contributed by atoms with Crippen molar-refractivity contribution in [3.05, 3.63) is 64.6 Å². The molecule has 1 saturated heterocycles. The third-order valence-corrected chi connectivity index (χ3v) is 4.98. The van der Waals surface area contributed by atoms with Crippen LogP contribution in [0.3, 0.4) is 0 Å². The zero-order valence-corrected chi connectivity index (χ0v) is 16.0. The Labute approximate surface area is 166 Å². The molecule has 5 rings (SSSR count). The molecule has 1 aromatic carbocycles. The third-order valence-electron chi connectivity index (χ3n) is 4.98. The summed E-state index contributed by atoms with van der Waals surface area (Å²) in [5.41, 5.74) is 3.99. The molecule has 0 radical (unpaired) electrons. The van der Waals surface area contributed by atoms with E-state index in [-0.39, 0.29) is 5.56 Å². The van der Waals surface area contributed by atoms with E-state index in [1.807, 2.05) is 43.3 Å². The molecule has 1 aliphatic heterocycles. The summed E-state index contributed by atoms with van der Waals surface area (Å²) < 4.78 is 6.85. The van der Waals surface area contributed by atoms with Crippen LogP contribution in [0, 0.1) is 6.92 Å². The number of nitrogens with zero attached hydrogens (tertiary/aromatic N) is 5. The Bertz CT molecular complexity index is 1240. The highest BCUT2D eigenvalue weighted by Gasteiger charge is 2.20. The Kier molecular flexibility index (Phi) is 4.33. The van der Waals surface area contributed by atoms with Gasteiger partial charge in [-0.15, -0.1) is 0 Å². The molecule has 0 atom stereocenters. The van der Waals surface area contributed by atoms with Gasteiger partial charge < -0.3 is 9.64 Å². The fourth-order valence-electron chi connectivity index (χ4n) is 3.54. The van der Waals surface area contributed by atoms with Crippen molar-refractivity contribution in [2.45, 2.75) is 6.92 Å². The van der Waals surface area contributed by atoms with Crippen molar-refractivity contribution in [2.75, 3.05) is 31.2 Å². The predicted octanol–water partition coefficient (Wildman–Crippen LogP) is 2.32. The van der Waals surface area contributed by atoms with E-state index in [2.05, 4.69) is 20.0 Å². The van der Waals surface area contributed by atoms with E-state index >= 15 is 0 Å². The van der Waals surface area contributed by atoms with Crippen LogP contribution in [0.4, 0.5) is 5.82 Å². The quantitative estimate of drug-likeness (QED) is 0.579. The molecule has 29 heavy (non-hydrogen) atoms. The van der Waals surface area contributed by atoms with Gasteiger partial charge in [-0.3, -0.25) is 14.9 Å². The minimum absolute atomic E-state index is 0.210. The van der Waals surface area contributed by atoms with Crippen LogP contribution in [0.2, 0.25) is 0 Å². The number of benzene rings is 1. The zero-order chi connectivity index (χ0) is 19.8. The van der Waals surface area contributed by atoms with Crippen LogP contribution in [-0.4, -0.2) is 51.0 Å². The summed E-state index contributed by atoms with van der Waals surface area (Å²) in [7, 11) is 0. The number of anilines is 1. The summed E-state index contributed by atoms with van der Waals surface area (Å²) in [6, 6.07) is 13.3. The normalized spacial score (nSPS) is 14.4.